The molecule has 1 N–H and O–H groups in total. The molecular formula is C25H26FN3O4S. The average molecular weight is 484 g/mol. The van der Waals surface area contributed by atoms with Crippen LogP contribution in [0.3, 0.4) is 0 Å². The summed E-state index contributed by atoms with van der Waals surface area (Å²) in [6.45, 7) is 3.34. The Balaban J connectivity index is 1.46. The third-order valence-corrected chi connectivity index (χ3v) is 7.01. The molecule has 9 heteroatoms. The molecule has 0 atom stereocenters. The molecule has 1 heterocycles. The smallest absolute Gasteiger partial charge is 0.261 e. The molecule has 0 aliphatic carbocycles. The van der Waals surface area contributed by atoms with E-state index >= 15 is 0 Å². The zero-order chi connectivity index (χ0) is 24.1. The maximum atomic E-state index is 13.8. The van der Waals surface area contributed by atoms with Gasteiger partial charge in [0.1, 0.15) is 5.82 Å². The van der Waals surface area contributed by atoms with Gasteiger partial charge in [-0.3, -0.25) is 9.52 Å². The van der Waals surface area contributed by atoms with Crippen LogP contribution >= 0.6 is 0 Å². The Bertz CT molecular complexity index is 1260. The molecular weight excluding hydrogens is 457 g/mol. The predicted molar refractivity (Wildman–Crippen MR) is 129 cm³/mol. The van der Waals surface area contributed by atoms with Gasteiger partial charge in [-0.1, -0.05) is 30.3 Å². The number of rotatable bonds is 7. The van der Waals surface area contributed by atoms with Crippen molar-refractivity contribution < 1.29 is 22.3 Å². The first-order valence-corrected chi connectivity index (χ1v) is 12.4. The number of nitrogens with zero attached hydrogens (tertiary/aromatic N) is 2. The Kier molecular flexibility index (Phi) is 7.14. The molecule has 3 aromatic carbocycles. The van der Waals surface area contributed by atoms with Gasteiger partial charge in [0.2, 0.25) is 0 Å². The molecule has 34 heavy (non-hydrogen) atoms. The van der Waals surface area contributed by atoms with Crippen LogP contribution in [0.2, 0.25) is 0 Å². The van der Waals surface area contributed by atoms with Crippen LogP contribution in [0.1, 0.15) is 15.9 Å². The number of benzene rings is 3. The highest BCUT2D eigenvalue weighted by molar-refractivity contribution is 7.92. The van der Waals surface area contributed by atoms with Crippen molar-refractivity contribution in [3.63, 3.8) is 0 Å². The van der Waals surface area contributed by atoms with Gasteiger partial charge in [-0.25, -0.2) is 12.8 Å². The van der Waals surface area contributed by atoms with Crippen molar-refractivity contribution >= 4 is 27.3 Å². The number of nitrogens with one attached hydrogen (secondary N) is 1. The summed E-state index contributed by atoms with van der Waals surface area (Å²) in [7, 11) is -2.28. The van der Waals surface area contributed by atoms with Crippen LogP contribution in [0.4, 0.5) is 15.8 Å². The molecule has 1 saturated heterocycles. The second kappa shape index (κ2) is 10.2. The zero-order valence-electron chi connectivity index (χ0n) is 18.8. The monoisotopic (exact) mass is 483 g/mol. The standard InChI is InChI=1S/C25H26FN3O4S/c1-28(18-20-6-2-5-9-24(20)29-14-16-33-17-15-29)25(30)19-10-12-21(13-11-19)34(31,32)27-23-8-4-3-7-22(23)26/h2-13,27H,14-18H2,1H3. The number of anilines is 2. The fourth-order valence-electron chi connectivity index (χ4n) is 3.83. The van der Waals surface area contributed by atoms with Crippen LogP contribution in [0.25, 0.3) is 0 Å². The van der Waals surface area contributed by atoms with Gasteiger partial charge in [0, 0.05) is 37.9 Å². The maximum Gasteiger partial charge on any atom is 0.261 e. The van der Waals surface area contributed by atoms with Crippen molar-refractivity contribution in [3.8, 4) is 0 Å². The highest BCUT2D eigenvalue weighted by Crippen LogP contribution is 2.24. The van der Waals surface area contributed by atoms with Crippen LogP contribution in [-0.2, 0) is 21.3 Å². The lowest BCUT2D eigenvalue weighted by atomic mass is 10.1. The van der Waals surface area contributed by atoms with E-state index < -0.39 is 15.8 Å². The molecule has 0 bridgehead atoms. The van der Waals surface area contributed by atoms with Crippen LogP contribution < -0.4 is 9.62 Å². The lowest BCUT2D eigenvalue weighted by Crippen LogP contribution is -2.37. The van der Waals surface area contributed by atoms with Gasteiger partial charge in [-0.05, 0) is 48.0 Å². The molecule has 1 fully saturated rings. The fourth-order valence-corrected chi connectivity index (χ4v) is 4.90. The van der Waals surface area contributed by atoms with Crippen LogP contribution in [-0.4, -0.2) is 52.6 Å². The Morgan fingerprint density at radius 3 is 2.35 bits per heavy atom. The number of amides is 1. The summed E-state index contributed by atoms with van der Waals surface area (Å²) in [5.74, 6) is -0.903. The van der Waals surface area contributed by atoms with Crippen molar-refractivity contribution in [3.05, 3.63) is 89.7 Å². The first-order chi connectivity index (χ1) is 16.3. The summed E-state index contributed by atoms with van der Waals surface area (Å²) >= 11 is 0. The number of halogens is 1. The predicted octanol–water partition coefficient (Wildman–Crippen LogP) is 3.74. The number of morpholine rings is 1. The minimum absolute atomic E-state index is 0.0624. The third kappa shape index (κ3) is 5.37. The van der Waals surface area contributed by atoms with E-state index in [0.717, 1.165) is 24.3 Å². The summed E-state index contributed by atoms with van der Waals surface area (Å²) < 4.78 is 46.7. The van der Waals surface area contributed by atoms with E-state index in [1.54, 1.807) is 11.9 Å². The zero-order valence-corrected chi connectivity index (χ0v) is 19.6. The van der Waals surface area contributed by atoms with Crippen molar-refractivity contribution in [2.45, 2.75) is 11.4 Å². The summed E-state index contributed by atoms with van der Waals surface area (Å²) in [5.41, 5.74) is 2.32. The SMILES string of the molecule is CN(Cc1ccccc1N1CCOCC1)C(=O)c1ccc(S(=O)(=O)Nc2ccccc2F)cc1. The molecule has 178 valence electrons. The van der Waals surface area contributed by atoms with E-state index in [2.05, 4.69) is 9.62 Å². The lowest BCUT2D eigenvalue weighted by molar-refractivity contribution is 0.0784. The van der Waals surface area contributed by atoms with Gasteiger partial charge < -0.3 is 14.5 Å². The first-order valence-electron chi connectivity index (χ1n) is 10.9. The molecule has 0 spiro atoms. The van der Waals surface area contributed by atoms with Gasteiger partial charge in [-0.2, -0.15) is 0 Å². The minimum Gasteiger partial charge on any atom is -0.378 e. The molecule has 1 aliphatic rings. The normalized spacial score (nSPS) is 14.0. The largest absolute Gasteiger partial charge is 0.378 e. The van der Waals surface area contributed by atoms with E-state index in [9.17, 15) is 17.6 Å². The van der Waals surface area contributed by atoms with Crippen LogP contribution in [0.5, 0.6) is 0 Å². The summed E-state index contributed by atoms with van der Waals surface area (Å²) in [5, 5.41) is 0. The quantitative estimate of drug-likeness (QED) is 0.554. The second-order valence-corrected chi connectivity index (χ2v) is 9.68. The number of hydrogen-bond donors (Lipinski definition) is 1. The number of sulfonamides is 1. The van der Waals surface area contributed by atoms with Gasteiger partial charge >= 0.3 is 0 Å². The average Bonchev–Trinajstić information content (AvgIpc) is 2.86. The fraction of sp³-hybridized carbons (Fsp3) is 0.240. The van der Waals surface area contributed by atoms with Gasteiger partial charge in [0.15, 0.2) is 0 Å². The van der Waals surface area contributed by atoms with Crippen molar-refractivity contribution in [1.82, 2.24) is 4.90 Å². The van der Waals surface area contributed by atoms with E-state index in [-0.39, 0.29) is 16.5 Å². The van der Waals surface area contributed by atoms with Gasteiger partial charge in [0.05, 0.1) is 23.8 Å². The molecule has 4 rings (SSSR count). The lowest BCUT2D eigenvalue weighted by Gasteiger charge is -2.31. The number of hydrogen-bond acceptors (Lipinski definition) is 5. The molecule has 0 aromatic heterocycles. The van der Waals surface area contributed by atoms with E-state index in [0.29, 0.717) is 25.3 Å². The topological polar surface area (TPSA) is 79.0 Å². The van der Waals surface area contributed by atoms with Crippen molar-refractivity contribution in [2.75, 3.05) is 43.0 Å². The molecule has 7 nitrogen and oxygen atoms in total. The molecule has 0 radical (unpaired) electrons. The van der Waals surface area contributed by atoms with E-state index in [1.165, 1.54) is 48.5 Å². The van der Waals surface area contributed by atoms with Gasteiger partial charge in [0.25, 0.3) is 15.9 Å². The molecule has 0 saturated carbocycles. The Morgan fingerprint density at radius 1 is 1.00 bits per heavy atom. The highest BCUT2D eigenvalue weighted by atomic mass is 32.2. The van der Waals surface area contributed by atoms with Crippen LogP contribution in [0.15, 0.2) is 77.7 Å². The third-order valence-electron chi connectivity index (χ3n) is 5.63. The van der Waals surface area contributed by atoms with E-state index in [1.807, 2.05) is 24.3 Å². The summed E-state index contributed by atoms with van der Waals surface area (Å²) in [6, 6.07) is 19.1. The number of ether oxygens (including phenoxy) is 1. The van der Waals surface area contributed by atoms with E-state index in [4.69, 9.17) is 4.74 Å². The number of carbonyl (C=O) groups excluding carboxylic acids is 1. The Morgan fingerprint density at radius 2 is 1.65 bits per heavy atom. The first kappa shape index (κ1) is 23.7. The molecule has 0 unspecified atom stereocenters. The highest BCUT2D eigenvalue weighted by Gasteiger charge is 2.20. The molecule has 3 aromatic rings. The Hall–Kier alpha value is -3.43. The number of carbonyl (C=O) groups is 1. The van der Waals surface area contributed by atoms with Gasteiger partial charge in [-0.15, -0.1) is 0 Å². The molecule has 1 amide bonds. The second-order valence-electron chi connectivity index (χ2n) is 8.00. The molecule has 1 aliphatic heterocycles. The maximum absolute atomic E-state index is 13.8. The summed E-state index contributed by atoms with van der Waals surface area (Å²) in [4.78, 5) is 16.8. The van der Waals surface area contributed by atoms with Crippen molar-refractivity contribution in [1.29, 1.82) is 0 Å². The summed E-state index contributed by atoms with van der Waals surface area (Å²) in [6.07, 6.45) is 0. The van der Waals surface area contributed by atoms with Crippen molar-refractivity contribution in [2.24, 2.45) is 0 Å². The minimum atomic E-state index is -4.00. The Labute approximate surface area is 198 Å². The number of para-hydroxylation sites is 2. The van der Waals surface area contributed by atoms with Crippen LogP contribution in [0, 0.1) is 5.82 Å².